The first-order valence-corrected chi connectivity index (χ1v) is 8.72. The minimum atomic E-state index is -1.20. The Labute approximate surface area is 151 Å². The van der Waals surface area contributed by atoms with Gasteiger partial charge in [-0.1, -0.05) is 20.8 Å². The molecule has 6 nitrogen and oxygen atoms in total. The van der Waals surface area contributed by atoms with Crippen molar-refractivity contribution in [3.8, 4) is 5.75 Å². The summed E-state index contributed by atoms with van der Waals surface area (Å²) in [5.41, 5.74) is -1.47. The first-order valence-electron chi connectivity index (χ1n) is 8.72. The number of hydrogen-bond donors (Lipinski definition) is 1. The molecular weight excluding hydrogens is 341 g/mol. The van der Waals surface area contributed by atoms with Crippen molar-refractivity contribution in [2.24, 2.45) is 5.41 Å². The van der Waals surface area contributed by atoms with Gasteiger partial charge in [0, 0.05) is 18.4 Å². The average Bonchev–Trinajstić information content (AvgIpc) is 3.16. The number of benzene rings is 1. The second-order valence-corrected chi connectivity index (χ2v) is 7.94. The Morgan fingerprint density at radius 1 is 1.42 bits per heavy atom. The quantitative estimate of drug-likeness (QED) is 0.890. The Kier molecular flexibility index (Phi) is 4.69. The van der Waals surface area contributed by atoms with Crippen LogP contribution in [0.1, 0.15) is 39.2 Å². The van der Waals surface area contributed by atoms with Crippen LogP contribution in [0, 0.1) is 11.2 Å². The van der Waals surface area contributed by atoms with Crippen LogP contribution in [-0.2, 0) is 15.1 Å². The molecule has 1 unspecified atom stereocenters. The van der Waals surface area contributed by atoms with E-state index in [9.17, 15) is 19.1 Å². The van der Waals surface area contributed by atoms with Crippen LogP contribution >= 0.6 is 0 Å². The summed E-state index contributed by atoms with van der Waals surface area (Å²) < 4.78 is 25.5. The summed E-state index contributed by atoms with van der Waals surface area (Å²) in [5, 5.41) is 9.75. The van der Waals surface area contributed by atoms with Crippen molar-refractivity contribution in [3.63, 3.8) is 0 Å². The molecule has 0 aromatic heterocycles. The molecule has 0 bridgehead atoms. The maximum absolute atomic E-state index is 14.2. The Morgan fingerprint density at radius 3 is 2.73 bits per heavy atom. The topological polar surface area (TPSA) is 76.1 Å². The van der Waals surface area contributed by atoms with Gasteiger partial charge in [0.2, 0.25) is 0 Å². The van der Waals surface area contributed by atoms with Crippen molar-refractivity contribution in [3.05, 3.63) is 29.6 Å². The summed E-state index contributed by atoms with van der Waals surface area (Å²) in [4.78, 5) is 25.3. The third-order valence-electron chi connectivity index (χ3n) is 5.29. The predicted molar refractivity (Wildman–Crippen MR) is 91.7 cm³/mol. The van der Waals surface area contributed by atoms with E-state index in [4.69, 9.17) is 9.47 Å². The zero-order valence-electron chi connectivity index (χ0n) is 15.3. The zero-order chi connectivity index (χ0) is 19.1. The van der Waals surface area contributed by atoms with E-state index < -0.39 is 22.9 Å². The molecule has 1 amide bonds. The molecule has 3 rings (SSSR count). The van der Waals surface area contributed by atoms with Gasteiger partial charge in [0.25, 0.3) is 0 Å². The summed E-state index contributed by atoms with van der Waals surface area (Å²) in [5.74, 6) is -0.289. The van der Waals surface area contributed by atoms with Crippen molar-refractivity contribution in [2.45, 2.75) is 45.3 Å². The van der Waals surface area contributed by atoms with Gasteiger partial charge >= 0.3 is 6.09 Å². The first-order chi connectivity index (χ1) is 12.1. The van der Waals surface area contributed by atoms with Gasteiger partial charge in [0.15, 0.2) is 5.78 Å². The first kappa shape index (κ1) is 18.6. The van der Waals surface area contributed by atoms with Crippen molar-refractivity contribution >= 4 is 11.9 Å². The molecule has 2 atom stereocenters. The number of ether oxygens (including phenoxy) is 2. The summed E-state index contributed by atoms with van der Waals surface area (Å²) in [6.07, 6.45) is -0.679. The number of hydrogen-bond acceptors (Lipinski definition) is 4. The van der Waals surface area contributed by atoms with Gasteiger partial charge in [0.05, 0.1) is 25.3 Å². The standard InChI is InChI=1S/C19H24FNO5/c1-18(2,3)19(9-13(22)10-21(19)17(23)24)15-8-12(20)4-5-16(15)26-14-6-7-25-11-14/h4-5,8,14H,6-7,9-11H2,1-3H3,(H,23,24)/t14?,19-/m0/s1. The van der Waals surface area contributed by atoms with Crippen LogP contribution in [0.4, 0.5) is 9.18 Å². The van der Waals surface area contributed by atoms with Crippen molar-refractivity contribution < 1.29 is 28.6 Å². The van der Waals surface area contributed by atoms with E-state index in [2.05, 4.69) is 0 Å². The van der Waals surface area contributed by atoms with Crippen LogP contribution in [-0.4, -0.2) is 47.7 Å². The number of rotatable bonds is 3. The fourth-order valence-electron chi connectivity index (χ4n) is 4.01. The predicted octanol–water partition coefficient (Wildman–Crippen LogP) is 3.19. The van der Waals surface area contributed by atoms with Gasteiger partial charge in [-0.2, -0.15) is 0 Å². The monoisotopic (exact) mass is 365 g/mol. The van der Waals surface area contributed by atoms with E-state index in [-0.39, 0.29) is 24.9 Å². The lowest BCUT2D eigenvalue weighted by molar-refractivity contribution is -0.117. The van der Waals surface area contributed by atoms with E-state index in [1.807, 2.05) is 20.8 Å². The second-order valence-electron chi connectivity index (χ2n) is 7.94. The van der Waals surface area contributed by atoms with Crippen LogP contribution < -0.4 is 4.74 Å². The van der Waals surface area contributed by atoms with Gasteiger partial charge in [-0.3, -0.25) is 9.69 Å². The lowest BCUT2D eigenvalue weighted by Gasteiger charge is -2.47. The van der Waals surface area contributed by atoms with E-state index >= 15 is 0 Å². The van der Waals surface area contributed by atoms with Crippen LogP contribution in [0.25, 0.3) is 0 Å². The number of amides is 1. The Balaban J connectivity index is 2.17. The van der Waals surface area contributed by atoms with Crippen LogP contribution in [0.5, 0.6) is 5.75 Å². The van der Waals surface area contributed by atoms with Gasteiger partial charge in [-0.25, -0.2) is 9.18 Å². The van der Waals surface area contributed by atoms with Crippen molar-refractivity contribution in [1.29, 1.82) is 0 Å². The Morgan fingerprint density at radius 2 is 2.15 bits per heavy atom. The molecule has 0 aliphatic carbocycles. The van der Waals surface area contributed by atoms with Gasteiger partial charge in [-0.15, -0.1) is 0 Å². The summed E-state index contributed by atoms with van der Waals surface area (Å²) in [6, 6.07) is 4.09. The minimum absolute atomic E-state index is 0.0101. The molecule has 1 aromatic rings. The number of halogens is 1. The third-order valence-corrected chi connectivity index (χ3v) is 5.29. The molecule has 2 fully saturated rings. The summed E-state index contributed by atoms with van der Waals surface area (Å²) in [6.45, 7) is 6.38. The highest BCUT2D eigenvalue weighted by atomic mass is 19.1. The minimum Gasteiger partial charge on any atom is -0.488 e. The van der Waals surface area contributed by atoms with Gasteiger partial charge < -0.3 is 14.6 Å². The Bertz CT molecular complexity index is 723. The van der Waals surface area contributed by atoms with E-state index in [1.165, 1.54) is 18.2 Å². The largest absolute Gasteiger partial charge is 0.488 e. The highest BCUT2D eigenvalue weighted by molar-refractivity contribution is 5.89. The molecule has 1 N–H and O–H groups in total. The summed E-state index contributed by atoms with van der Waals surface area (Å²) in [7, 11) is 0. The molecule has 2 aliphatic heterocycles. The van der Waals surface area contributed by atoms with E-state index in [0.29, 0.717) is 30.9 Å². The molecule has 2 heterocycles. The normalized spacial score (nSPS) is 26.4. The molecule has 1 aromatic carbocycles. The molecule has 0 saturated carbocycles. The van der Waals surface area contributed by atoms with Crippen LogP contribution in [0.15, 0.2) is 18.2 Å². The molecule has 26 heavy (non-hydrogen) atoms. The van der Waals surface area contributed by atoms with Crippen molar-refractivity contribution in [2.75, 3.05) is 19.8 Å². The molecule has 0 radical (unpaired) electrons. The molecular formula is C19H24FNO5. The number of likely N-dealkylation sites (tertiary alicyclic amines) is 1. The average molecular weight is 365 g/mol. The number of carboxylic acid groups (broad SMARTS) is 1. The summed E-state index contributed by atoms with van der Waals surface area (Å²) >= 11 is 0. The Hall–Kier alpha value is -2.15. The molecule has 2 aliphatic rings. The van der Waals surface area contributed by atoms with Crippen molar-refractivity contribution in [1.82, 2.24) is 4.90 Å². The van der Waals surface area contributed by atoms with Gasteiger partial charge in [0.1, 0.15) is 17.7 Å². The smallest absolute Gasteiger partial charge is 0.408 e. The van der Waals surface area contributed by atoms with E-state index in [1.54, 1.807) is 0 Å². The molecule has 7 heteroatoms. The second kappa shape index (κ2) is 6.54. The SMILES string of the molecule is CC(C)(C)[C@@]1(c2cc(F)ccc2OC2CCOC2)CC(=O)CN1C(=O)O. The lowest BCUT2D eigenvalue weighted by Crippen LogP contribution is -2.53. The number of Topliss-reactive ketones (excluding diaryl/α,β-unsaturated/α-hetero) is 1. The lowest BCUT2D eigenvalue weighted by atomic mass is 9.67. The number of ketones is 1. The maximum Gasteiger partial charge on any atom is 0.408 e. The number of nitrogens with zero attached hydrogens (tertiary/aromatic N) is 1. The molecule has 2 saturated heterocycles. The maximum atomic E-state index is 14.2. The molecule has 142 valence electrons. The fourth-order valence-corrected chi connectivity index (χ4v) is 4.01. The van der Waals surface area contributed by atoms with Crippen LogP contribution in [0.3, 0.4) is 0 Å². The highest BCUT2D eigenvalue weighted by Crippen LogP contribution is 2.53. The zero-order valence-corrected chi connectivity index (χ0v) is 15.3. The fraction of sp³-hybridized carbons (Fsp3) is 0.579. The third kappa shape index (κ3) is 3.05. The number of carbonyl (C=O) groups is 2. The van der Waals surface area contributed by atoms with E-state index in [0.717, 1.165) is 4.90 Å². The molecule has 0 spiro atoms. The highest BCUT2D eigenvalue weighted by Gasteiger charge is 2.57. The number of carbonyl (C=O) groups excluding carboxylic acids is 1. The van der Waals surface area contributed by atoms with Gasteiger partial charge in [-0.05, 0) is 23.6 Å². The van der Waals surface area contributed by atoms with Crippen LogP contribution in [0.2, 0.25) is 0 Å².